The van der Waals surface area contributed by atoms with Crippen molar-refractivity contribution in [1.29, 1.82) is 0 Å². The molecule has 0 bridgehead atoms. The first-order valence-corrected chi connectivity index (χ1v) is 7.18. The molecule has 0 amide bonds. The molecule has 1 aromatic carbocycles. The highest BCUT2D eigenvalue weighted by Crippen LogP contribution is 2.19. The van der Waals surface area contributed by atoms with Crippen molar-refractivity contribution < 1.29 is 4.74 Å². The number of aromatic nitrogens is 2. The summed E-state index contributed by atoms with van der Waals surface area (Å²) in [6.45, 7) is 6.41. The molecule has 21 heavy (non-hydrogen) atoms. The highest BCUT2D eigenvalue weighted by atomic mass is 16.5. The second-order valence-electron chi connectivity index (χ2n) is 5.45. The summed E-state index contributed by atoms with van der Waals surface area (Å²) in [5.74, 6) is 0.891. The molecule has 114 valence electrons. The van der Waals surface area contributed by atoms with Gasteiger partial charge in [0, 0.05) is 36.1 Å². The van der Waals surface area contributed by atoms with Crippen LogP contribution in [0.2, 0.25) is 0 Å². The molecule has 0 fully saturated rings. The third-order valence-electron chi connectivity index (χ3n) is 3.39. The van der Waals surface area contributed by atoms with Crippen LogP contribution in [0.5, 0.6) is 5.75 Å². The molecular weight excluding hydrogens is 264 g/mol. The van der Waals surface area contributed by atoms with Gasteiger partial charge in [0.15, 0.2) is 0 Å². The third kappa shape index (κ3) is 4.49. The van der Waals surface area contributed by atoms with Gasteiger partial charge in [-0.05, 0) is 40.1 Å². The van der Waals surface area contributed by atoms with E-state index < -0.39 is 0 Å². The number of likely N-dealkylation sites (N-methyl/N-ethyl adjacent to an activating group) is 1. The van der Waals surface area contributed by atoms with Gasteiger partial charge in [0.1, 0.15) is 12.4 Å². The first kappa shape index (κ1) is 15.4. The van der Waals surface area contributed by atoms with Crippen molar-refractivity contribution in [2.24, 2.45) is 0 Å². The molecule has 0 unspecified atom stereocenters. The highest BCUT2D eigenvalue weighted by molar-refractivity contribution is 5.49. The first-order chi connectivity index (χ1) is 10.1. The van der Waals surface area contributed by atoms with Crippen LogP contribution in [0.4, 0.5) is 5.69 Å². The summed E-state index contributed by atoms with van der Waals surface area (Å²) in [6, 6.07) is 8.06. The van der Waals surface area contributed by atoms with Crippen molar-refractivity contribution in [3.63, 3.8) is 0 Å². The fourth-order valence-corrected chi connectivity index (χ4v) is 2.07. The van der Waals surface area contributed by atoms with Crippen molar-refractivity contribution in [2.75, 3.05) is 32.6 Å². The van der Waals surface area contributed by atoms with Crippen LogP contribution in [0.25, 0.3) is 0 Å². The Labute approximate surface area is 126 Å². The lowest BCUT2D eigenvalue weighted by Gasteiger charge is -2.12. The van der Waals surface area contributed by atoms with Crippen LogP contribution in [0.3, 0.4) is 0 Å². The fraction of sp³-hybridized carbons (Fsp3) is 0.438. The Morgan fingerprint density at radius 3 is 2.76 bits per heavy atom. The molecule has 5 nitrogen and oxygen atoms in total. The molecule has 0 aliphatic rings. The number of rotatable bonds is 7. The highest BCUT2D eigenvalue weighted by Gasteiger charge is 2.06. The Balaban J connectivity index is 1.92. The van der Waals surface area contributed by atoms with Crippen molar-refractivity contribution >= 4 is 5.69 Å². The second-order valence-corrected chi connectivity index (χ2v) is 5.45. The SMILES string of the molecule is Cc1n[nH]c(C)c1CNc1cccc(OCCN(C)C)c1. The van der Waals surface area contributed by atoms with Gasteiger partial charge in [-0.25, -0.2) is 0 Å². The van der Waals surface area contributed by atoms with E-state index in [1.807, 2.05) is 52.2 Å². The summed E-state index contributed by atoms with van der Waals surface area (Å²) < 4.78 is 5.74. The van der Waals surface area contributed by atoms with Gasteiger partial charge in [-0.15, -0.1) is 0 Å². The number of nitrogens with one attached hydrogen (secondary N) is 2. The minimum Gasteiger partial charge on any atom is -0.492 e. The Morgan fingerprint density at radius 2 is 2.10 bits per heavy atom. The number of aromatic amines is 1. The summed E-state index contributed by atoms with van der Waals surface area (Å²) in [6.07, 6.45) is 0. The smallest absolute Gasteiger partial charge is 0.121 e. The predicted octanol–water partition coefficient (Wildman–Crippen LogP) is 2.58. The summed E-state index contributed by atoms with van der Waals surface area (Å²) in [5.41, 5.74) is 4.42. The Hall–Kier alpha value is -2.01. The predicted molar refractivity (Wildman–Crippen MR) is 85.9 cm³/mol. The Kier molecular flexibility index (Phi) is 5.22. The molecule has 0 saturated heterocycles. The van der Waals surface area contributed by atoms with E-state index in [1.165, 1.54) is 5.56 Å². The van der Waals surface area contributed by atoms with Gasteiger partial charge >= 0.3 is 0 Å². The molecule has 0 aliphatic heterocycles. The summed E-state index contributed by atoms with van der Waals surface area (Å²) in [7, 11) is 4.08. The normalized spacial score (nSPS) is 10.9. The Morgan fingerprint density at radius 1 is 1.29 bits per heavy atom. The van der Waals surface area contributed by atoms with Gasteiger partial charge in [-0.2, -0.15) is 5.10 Å². The minimum absolute atomic E-state index is 0.691. The van der Waals surface area contributed by atoms with Gasteiger partial charge in [-0.1, -0.05) is 6.07 Å². The van der Waals surface area contributed by atoms with Crippen molar-refractivity contribution in [3.8, 4) is 5.75 Å². The zero-order valence-electron chi connectivity index (χ0n) is 13.2. The molecule has 2 N–H and O–H groups in total. The van der Waals surface area contributed by atoms with E-state index in [2.05, 4.69) is 20.4 Å². The average Bonchev–Trinajstić information content (AvgIpc) is 2.76. The first-order valence-electron chi connectivity index (χ1n) is 7.18. The Bertz CT molecular complexity index is 558. The van der Waals surface area contributed by atoms with Gasteiger partial charge in [-0.3, -0.25) is 5.10 Å². The van der Waals surface area contributed by atoms with Crippen LogP contribution in [0, 0.1) is 13.8 Å². The van der Waals surface area contributed by atoms with E-state index in [-0.39, 0.29) is 0 Å². The zero-order chi connectivity index (χ0) is 15.2. The summed E-state index contributed by atoms with van der Waals surface area (Å²) in [5, 5.41) is 10.6. The molecule has 2 aromatic rings. The second kappa shape index (κ2) is 7.13. The molecule has 0 radical (unpaired) electrons. The van der Waals surface area contributed by atoms with E-state index >= 15 is 0 Å². The third-order valence-corrected chi connectivity index (χ3v) is 3.39. The number of hydrogen-bond acceptors (Lipinski definition) is 4. The van der Waals surface area contributed by atoms with Crippen LogP contribution in [-0.4, -0.2) is 42.3 Å². The van der Waals surface area contributed by atoms with Crippen LogP contribution < -0.4 is 10.1 Å². The number of anilines is 1. The van der Waals surface area contributed by atoms with Crippen LogP contribution in [0.1, 0.15) is 17.0 Å². The lowest BCUT2D eigenvalue weighted by atomic mass is 10.2. The number of nitrogens with zero attached hydrogens (tertiary/aromatic N) is 2. The molecular formula is C16H24N4O. The van der Waals surface area contributed by atoms with Gasteiger partial charge in [0.2, 0.25) is 0 Å². The monoisotopic (exact) mass is 288 g/mol. The van der Waals surface area contributed by atoms with E-state index in [0.29, 0.717) is 6.61 Å². The molecule has 0 spiro atoms. The number of ether oxygens (including phenoxy) is 1. The number of H-pyrrole nitrogens is 1. The molecule has 0 saturated carbocycles. The van der Waals surface area contributed by atoms with Crippen LogP contribution in [0.15, 0.2) is 24.3 Å². The fourth-order valence-electron chi connectivity index (χ4n) is 2.07. The van der Waals surface area contributed by atoms with E-state index in [9.17, 15) is 0 Å². The van der Waals surface area contributed by atoms with Gasteiger partial charge in [0.25, 0.3) is 0 Å². The molecule has 2 rings (SSSR count). The van der Waals surface area contributed by atoms with Crippen molar-refractivity contribution in [3.05, 3.63) is 41.2 Å². The molecule has 0 aliphatic carbocycles. The van der Waals surface area contributed by atoms with Crippen LogP contribution in [-0.2, 0) is 6.54 Å². The molecule has 5 heteroatoms. The molecule has 1 aromatic heterocycles. The lowest BCUT2D eigenvalue weighted by molar-refractivity contribution is 0.261. The zero-order valence-corrected chi connectivity index (χ0v) is 13.2. The number of aryl methyl sites for hydroxylation is 2. The van der Waals surface area contributed by atoms with Gasteiger partial charge in [0.05, 0.1) is 5.69 Å². The van der Waals surface area contributed by atoms with Crippen molar-refractivity contribution in [2.45, 2.75) is 20.4 Å². The molecule has 0 atom stereocenters. The largest absolute Gasteiger partial charge is 0.492 e. The van der Waals surface area contributed by atoms with E-state index in [4.69, 9.17) is 4.74 Å². The van der Waals surface area contributed by atoms with Crippen molar-refractivity contribution in [1.82, 2.24) is 15.1 Å². The van der Waals surface area contributed by atoms with E-state index in [0.717, 1.165) is 35.9 Å². The maximum Gasteiger partial charge on any atom is 0.121 e. The average molecular weight is 288 g/mol. The summed E-state index contributed by atoms with van der Waals surface area (Å²) >= 11 is 0. The van der Waals surface area contributed by atoms with Crippen LogP contribution >= 0.6 is 0 Å². The topological polar surface area (TPSA) is 53.2 Å². The standard InChI is InChI=1S/C16H24N4O/c1-12-16(13(2)19-18-12)11-17-14-6-5-7-15(10-14)21-9-8-20(3)4/h5-7,10,17H,8-9,11H2,1-4H3,(H,18,19). The maximum absolute atomic E-state index is 5.74. The number of benzene rings is 1. The van der Waals surface area contributed by atoms with Gasteiger partial charge < -0.3 is 15.0 Å². The number of hydrogen-bond donors (Lipinski definition) is 2. The minimum atomic E-state index is 0.691. The molecule has 1 heterocycles. The van der Waals surface area contributed by atoms with E-state index in [1.54, 1.807) is 0 Å². The maximum atomic E-state index is 5.74. The lowest BCUT2D eigenvalue weighted by Crippen LogP contribution is -2.19. The quantitative estimate of drug-likeness (QED) is 0.822. The summed E-state index contributed by atoms with van der Waals surface area (Å²) in [4.78, 5) is 2.10.